The number of carbonyl (C=O) groups is 1. The Morgan fingerprint density at radius 2 is 2.12 bits per heavy atom. The molecular formula is C13H16O3. The molecule has 0 radical (unpaired) electrons. The smallest absolute Gasteiger partial charge is 0.161 e. The summed E-state index contributed by atoms with van der Waals surface area (Å²) in [6.45, 7) is 2.72. The Labute approximate surface area is 95.7 Å². The van der Waals surface area contributed by atoms with Gasteiger partial charge in [-0.15, -0.1) is 0 Å². The molecule has 0 atom stereocenters. The summed E-state index contributed by atoms with van der Waals surface area (Å²) in [6.07, 6.45) is 4.87. The number of ether oxygens (including phenoxy) is 2. The van der Waals surface area contributed by atoms with Crippen molar-refractivity contribution in [2.24, 2.45) is 0 Å². The number of hydrogen-bond donors (Lipinski definition) is 0. The van der Waals surface area contributed by atoms with Gasteiger partial charge in [0.25, 0.3) is 0 Å². The van der Waals surface area contributed by atoms with Gasteiger partial charge in [0.05, 0.1) is 13.7 Å². The maximum absolute atomic E-state index is 10.2. The predicted octanol–water partition coefficient (Wildman–Crippen LogP) is 2.70. The van der Waals surface area contributed by atoms with Gasteiger partial charge in [-0.1, -0.05) is 19.1 Å². The molecule has 16 heavy (non-hydrogen) atoms. The number of allylic oxidation sites excluding steroid dienone is 1. The third-order valence-corrected chi connectivity index (χ3v) is 2.02. The molecule has 0 saturated heterocycles. The van der Waals surface area contributed by atoms with Crippen LogP contribution in [0.25, 0.3) is 6.08 Å². The Hall–Kier alpha value is -1.77. The predicted molar refractivity (Wildman–Crippen MR) is 63.9 cm³/mol. The van der Waals surface area contributed by atoms with E-state index >= 15 is 0 Å². The van der Waals surface area contributed by atoms with E-state index in [-0.39, 0.29) is 0 Å². The van der Waals surface area contributed by atoms with E-state index in [0.29, 0.717) is 12.4 Å². The summed E-state index contributed by atoms with van der Waals surface area (Å²) in [5.41, 5.74) is 0.910. The van der Waals surface area contributed by atoms with Crippen LogP contribution in [0.3, 0.4) is 0 Å². The normalized spacial score (nSPS) is 10.4. The molecule has 0 bridgehead atoms. The van der Waals surface area contributed by atoms with Crippen molar-refractivity contribution in [1.82, 2.24) is 0 Å². The second-order valence-corrected chi connectivity index (χ2v) is 3.25. The minimum absolute atomic E-state index is 0.667. The van der Waals surface area contributed by atoms with Gasteiger partial charge >= 0.3 is 0 Å². The number of methoxy groups -OCH3 is 1. The lowest BCUT2D eigenvalue weighted by molar-refractivity contribution is -0.104. The molecule has 0 aromatic heterocycles. The van der Waals surface area contributed by atoms with Gasteiger partial charge in [0.15, 0.2) is 11.5 Å². The molecule has 1 aromatic carbocycles. The molecule has 0 aliphatic carbocycles. The van der Waals surface area contributed by atoms with E-state index < -0.39 is 0 Å². The molecule has 1 aromatic rings. The van der Waals surface area contributed by atoms with Gasteiger partial charge in [0.1, 0.15) is 6.29 Å². The summed E-state index contributed by atoms with van der Waals surface area (Å²) in [5.74, 6) is 1.41. The average molecular weight is 220 g/mol. The molecule has 0 saturated carbocycles. The fourth-order valence-electron chi connectivity index (χ4n) is 1.27. The summed E-state index contributed by atoms with van der Waals surface area (Å²) in [6, 6.07) is 5.57. The average Bonchev–Trinajstić information content (AvgIpc) is 2.34. The first kappa shape index (κ1) is 12.3. The Morgan fingerprint density at radius 1 is 1.31 bits per heavy atom. The quantitative estimate of drug-likeness (QED) is 0.546. The molecular weight excluding hydrogens is 204 g/mol. The van der Waals surface area contributed by atoms with Crippen molar-refractivity contribution in [1.29, 1.82) is 0 Å². The Balaban J connectivity index is 2.87. The van der Waals surface area contributed by atoms with Gasteiger partial charge in [-0.3, -0.25) is 4.79 Å². The molecule has 3 heteroatoms. The molecule has 3 nitrogen and oxygen atoms in total. The van der Waals surface area contributed by atoms with Crippen molar-refractivity contribution in [2.75, 3.05) is 13.7 Å². The van der Waals surface area contributed by atoms with E-state index in [2.05, 4.69) is 0 Å². The first-order chi connectivity index (χ1) is 7.81. The summed E-state index contributed by atoms with van der Waals surface area (Å²) in [4.78, 5) is 10.2. The molecule has 0 heterocycles. The Bertz CT molecular complexity index is 369. The molecule has 86 valence electrons. The zero-order valence-corrected chi connectivity index (χ0v) is 9.60. The van der Waals surface area contributed by atoms with Gasteiger partial charge in [-0.05, 0) is 30.2 Å². The van der Waals surface area contributed by atoms with Crippen LogP contribution in [0.2, 0.25) is 0 Å². The molecule has 0 unspecified atom stereocenters. The highest BCUT2D eigenvalue weighted by Crippen LogP contribution is 2.28. The first-order valence-electron chi connectivity index (χ1n) is 5.24. The number of aldehydes is 1. The van der Waals surface area contributed by atoms with Crippen molar-refractivity contribution >= 4 is 12.4 Å². The second kappa shape index (κ2) is 6.67. The van der Waals surface area contributed by atoms with Gasteiger partial charge in [0, 0.05) is 0 Å². The summed E-state index contributed by atoms with van der Waals surface area (Å²) < 4.78 is 10.7. The molecule has 0 fully saturated rings. The van der Waals surface area contributed by atoms with Gasteiger partial charge < -0.3 is 9.47 Å². The second-order valence-electron chi connectivity index (χ2n) is 3.25. The minimum atomic E-state index is 0.667. The zero-order valence-electron chi connectivity index (χ0n) is 9.60. The van der Waals surface area contributed by atoms with Crippen molar-refractivity contribution in [3.8, 4) is 11.5 Å². The highest BCUT2D eigenvalue weighted by molar-refractivity contribution is 5.74. The van der Waals surface area contributed by atoms with Crippen LogP contribution >= 0.6 is 0 Å². The van der Waals surface area contributed by atoms with Crippen molar-refractivity contribution in [3.63, 3.8) is 0 Å². The van der Waals surface area contributed by atoms with Crippen molar-refractivity contribution < 1.29 is 14.3 Å². The summed E-state index contributed by atoms with van der Waals surface area (Å²) in [5, 5.41) is 0. The van der Waals surface area contributed by atoms with Crippen LogP contribution in [0.5, 0.6) is 11.5 Å². The topological polar surface area (TPSA) is 35.5 Å². The van der Waals surface area contributed by atoms with Crippen LogP contribution < -0.4 is 9.47 Å². The number of carbonyl (C=O) groups excluding carboxylic acids is 1. The van der Waals surface area contributed by atoms with Gasteiger partial charge in [-0.2, -0.15) is 0 Å². The number of rotatable bonds is 6. The van der Waals surface area contributed by atoms with E-state index in [9.17, 15) is 4.79 Å². The lowest BCUT2D eigenvalue weighted by Crippen LogP contribution is -1.97. The monoisotopic (exact) mass is 220 g/mol. The van der Waals surface area contributed by atoms with Crippen LogP contribution in [0.4, 0.5) is 0 Å². The molecule has 0 N–H and O–H groups in total. The van der Waals surface area contributed by atoms with E-state index in [4.69, 9.17) is 9.47 Å². The van der Waals surface area contributed by atoms with Crippen molar-refractivity contribution in [3.05, 3.63) is 29.8 Å². The summed E-state index contributed by atoms with van der Waals surface area (Å²) in [7, 11) is 1.60. The number of benzene rings is 1. The highest BCUT2D eigenvalue weighted by Gasteiger charge is 2.03. The fraction of sp³-hybridized carbons (Fsp3) is 0.308. The van der Waals surface area contributed by atoms with E-state index in [1.165, 1.54) is 6.08 Å². The van der Waals surface area contributed by atoms with Gasteiger partial charge in [-0.25, -0.2) is 0 Å². The van der Waals surface area contributed by atoms with Crippen LogP contribution in [0.1, 0.15) is 18.9 Å². The maximum atomic E-state index is 10.2. The van der Waals surface area contributed by atoms with Crippen LogP contribution in [-0.4, -0.2) is 20.0 Å². The lowest BCUT2D eigenvalue weighted by atomic mass is 10.2. The fourth-order valence-corrected chi connectivity index (χ4v) is 1.27. The molecule has 0 aliphatic heterocycles. The van der Waals surface area contributed by atoms with E-state index in [1.54, 1.807) is 13.2 Å². The largest absolute Gasteiger partial charge is 0.493 e. The zero-order chi connectivity index (χ0) is 11.8. The Morgan fingerprint density at radius 3 is 2.75 bits per heavy atom. The van der Waals surface area contributed by atoms with Crippen LogP contribution in [0, 0.1) is 0 Å². The lowest BCUT2D eigenvalue weighted by Gasteiger charge is -2.10. The van der Waals surface area contributed by atoms with E-state index in [1.807, 2.05) is 25.1 Å². The highest BCUT2D eigenvalue weighted by atomic mass is 16.5. The van der Waals surface area contributed by atoms with Gasteiger partial charge in [0.2, 0.25) is 0 Å². The molecule has 0 aliphatic rings. The van der Waals surface area contributed by atoms with Crippen LogP contribution in [-0.2, 0) is 4.79 Å². The molecule has 0 amide bonds. The molecule has 1 rings (SSSR count). The SMILES string of the molecule is CCCOc1ccc(/C=C/C=O)cc1OC. The van der Waals surface area contributed by atoms with Crippen LogP contribution in [0.15, 0.2) is 24.3 Å². The standard InChI is InChI=1S/C13H16O3/c1-3-9-16-12-7-6-11(5-4-8-14)10-13(12)15-2/h4-8,10H,3,9H2,1-2H3/b5-4+. The van der Waals surface area contributed by atoms with E-state index in [0.717, 1.165) is 24.0 Å². The molecule has 0 spiro atoms. The first-order valence-corrected chi connectivity index (χ1v) is 5.24. The maximum Gasteiger partial charge on any atom is 0.161 e. The third-order valence-electron chi connectivity index (χ3n) is 2.02. The summed E-state index contributed by atoms with van der Waals surface area (Å²) >= 11 is 0. The minimum Gasteiger partial charge on any atom is -0.493 e. The van der Waals surface area contributed by atoms with Crippen molar-refractivity contribution in [2.45, 2.75) is 13.3 Å². The number of hydrogen-bond acceptors (Lipinski definition) is 3. The Kier molecular flexibility index (Phi) is 5.12. The third kappa shape index (κ3) is 3.42.